The molecule has 9 rings (SSSR count). The van der Waals surface area contributed by atoms with E-state index in [9.17, 15) is 72.0 Å². The van der Waals surface area contributed by atoms with Crippen LogP contribution in [0.1, 0.15) is 210 Å². The van der Waals surface area contributed by atoms with Crippen LogP contribution in [0.3, 0.4) is 0 Å². The number of hydrogen-bond acceptors (Lipinski definition) is 30. The van der Waals surface area contributed by atoms with Gasteiger partial charge in [-0.05, 0) is 162 Å². The Labute approximate surface area is 845 Å². The van der Waals surface area contributed by atoms with Crippen LogP contribution in [0.5, 0.6) is 0 Å². The summed E-state index contributed by atoms with van der Waals surface area (Å²) in [4.78, 5) is 159. The summed E-state index contributed by atoms with van der Waals surface area (Å²) in [5, 5.41) is 30.5. The van der Waals surface area contributed by atoms with E-state index < -0.39 is 49.8 Å². The molecule has 5 aliphatic rings. The van der Waals surface area contributed by atoms with Crippen molar-refractivity contribution >= 4 is 91.5 Å². The van der Waals surface area contributed by atoms with Gasteiger partial charge in [0.2, 0.25) is 19.0 Å². The number of nitrogens with zero attached hydrogens (tertiary/aromatic N) is 7. The lowest BCUT2D eigenvalue weighted by molar-refractivity contribution is -0.198. The molecule has 8 unspecified atom stereocenters. The number of nitroso groups, excluding NO2 is 1. The first-order chi connectivity index (χ1) is 68.2. The van der Waals surface area contributed by atoms with Gasteiger partial charge in [0.1, 0.15) is 35.0 Å². The van der Waals surface area contributed by atoms with Crippen molar-refractivity contribution in [2.45, 2.75) is 200 Å². The number of hydroxylamine groups is 2. The maximum atomic E-state index is 12.5. The minimum atomic E-state index is -3.78. The van der Waals surface area contributed by atoms with Crippen molar-refractivity contribution in [3.8, 4) is 22.3 Å². The van der Waals surface area contributed by atoms with Gasteiger partial charge in [-0.1, -0.05) is 143 Å². The van der Waals surface area contributed by atoms with Crippen LogP contribution in [0.2, 0.25) is 0 Å². The van der Waals surface area contributed by atoms with Gasteiger partial charge in [0.25, 0.3) is 44.0 Å². The lowest BCUT2D eigenvalue weighted by Crippen LogP contribution is -2.34. The summed E-state index contributed by atoms with van der Waals surface area (Å²) in [6, 6.07) is 33.8. The van der Waals surface area contributed by atoms with Gasteiger partial charge >= 0.3 is 18.2 Å². The summed E-state index contributed by atoms with van der Waals surface area (Å²) in [5.41, 5.74) is 20.8. The second kappa shape index (κ2) is 73.6. The van der Waals surface area contributed by atoms with E-state index >= 15 is 0 Å². The Kier molecular flexibility index (Phi) is 65.8. The fraction of sp³-hybridized carbons (Fsp3) is 0.600. The number of hydrogen-bond donors (Lipinski definition) is 7. The zero-order valence-electron chi connectivity index (χ0n) is 83.5. The molecule has 0 radical (unpaired) electrons. The van der Waals surface area contributed by atoms with E-state index in [2.05, 4.69) is 116 Å². The quantitative estimate of drug-likeness (QED) is 0.00934. The third-order valence-electron chi connectivity index (χ3n) is 22.8. The first-order valence-corrected chi connectivity index (χ1v) is 55.2. The number of amides is 9. The first-order valence-electron chi connectivity index (χ1n) is 48.3. The van der Waals surface area contributed by atoms with Crippen molar-refractivity contribution < 1.29 is 123 Å². The lowest BCUT2D eigenvalue weighted by atomic mass is 9.98. The zero-order valence-corrected chi connectivity index (χ0v) is 87.0. The first kappa shape index (κ1) is 128. The van der Waals surface area contributed by atoms with Gasteiger partial charge in [0.05, 0.1) is 54.5 Å². The van der Waals surface area contributed by atoms with Crippen LogP contribution >= 0.6 is 32.0 Å². The molecular formula is C100H151N12O27P4-3. The highest BCUT2D eigenvalue weighted by Gasteiger charge is 2.35. The molecule has 0 aromatic heterocycles. The lowest BCUT2D eigenvalue weighted by Gasteiger charge is -2.36. The Morgan fingerprint density at radius 3 is 1.27 bits per heavy atom. The third-order valence-corrected chi connectivity index (χ3v) is 27.3. The average Bonchev–Trinajstić information content (AvgIpc) is 1.62. The van der Waals surface area contributed by atoms with Gasteiger partial charge in [-0.25, -0.2) is 32.2 Å². The van der Waals surface area contributed by atoms with Crippen LogP contribution in [0.25, 0.3) is 37.5 Å². The van der Waals surface area contributed by atoms with Gasteiger partial charge in [0, 0.05) is 171 Å². The molecule has 2 aliphatic carbocycles. The summed E-state index contributed by atoms with van der Waals surface area (Å²) in [6.45, 7) is 34.1. The normalized spacial score (nSPS) is 15.3. The largest absolute Gasteiger partial charge is 0.779 e. The van der Waals surface area contributed by atoms with E-state index in [4.69, 9.17) is 76.4 Å². The van der Waals surface area contributed by atoms with E-state index in [1.165, 1.54) is 73.7 Å². The Balaban J connectivity index is 0.000000473. The second-order valence-electron chi connectivity index (χ2n) is 34.9. The number of methoxy groups -OCH3 is 2. The summed E-state index contributed by atoms with van der Waals surface area (Å²) in [7, 11) is -6.02. The Morgan fingerprint density at radius 1 is 0.510 bits per heavy atom. The van der Waals surface area contributed by atoms with Gasteiger partial charge in [-0.3, -0.25) is 48.4 Å². The van der Waals surface area contributed by atoms with Crippen molar-refractivity contribution in [1.29, 1.82) is 0 Å². The highest BCUT2D eigenvalue weighted by atomic mass is 31.2. The number of nitrogens with one attached hydrogen (secondary N) is 4. The molecular weight excluding hydrogens is 1930 g/mol. The molecule has 1 saturated heterocycles. The van der Waals surface area contributed by atoms with E-state index in [1.807, 2.05) is 55.2 Å². The minimum absolute atomic E-state index is 0. The number of carbonyl (C=O) groups excluding carboxylic acids is 10. The number of aliphatic hydroxyl groups excluding tert-OH is 2. The molecule has 3 aliphatic heterocycles. The Bertz CT molecular complexity index is 4580. The summed E-state index contributed by atoms with van der Waals surface area (Å²) in [5.74, 6) is -2.60. The molecule has 0 saturated carbocycles. The summed E-state index contributed by atoms with van der Waals surface area (Å²) < 4.78 is 73.5. The molecule has 4 aromatic carbocycles. The van der Waals surface area contributed by atoms with Crippen molar-refractivity contribution in [1.82, 2.24) is 40.6 Å². The molecule has 39 nitrogen and oxygen atoms in total. The Hall–Kier alpha value is -9.40. The van der Waals surface area contributed by atoms with Gasteiger partial charge in [-0.2, -0.15) is 0 Å². The molecule has 796 valence electrons. The van der Waals surface area contributed by atoms with Crippen molar-refractivity contribution in [3.63, 3.8) is 0 Å². The van der Waals surface area contributed by atoms with Crippen molar-refractivity contribution in [3.05, 3.63) is 177 Å². The van der Waals surface area contributed by atoms with Gasteiger partial charge < -0.3 is 117 Å². The van der Waals surface area contributed by atoms with Crippen LogP contribution in [0.4, 0.5) is 9.59 Å². The number of rotatable bonds is 63. The van der Waals surface area contributed by atoms with Crippen molar-refractivity contribution in [2.24, 2.45) is 29.4 Å². The van der Waals surface area contributed by atoms with E-state index in [1.54, 1.807) is 14.2 Å². The van der Waals surface area contributed by atoms with Crippen LogP contribution in [-0.4, -0.2) is 267 Å². The summed E-state index contributed by atoms with van der Waals surface area (Å²) >= 11 is 0. The topological polar surface area (TPSA) is 519 Å². The second-order valence-corrected chi connectivity index (χ2v) is 41.5. The number of carbonyl (C=O) groups is 10. The number of nitrogens with two attached hydrogens (primary N) is 1. The standard InChI is InChI=1S/C32H46N3O5P.C27H36N3O4P.C18H31N2O7P.C14H16N2O6.C8H20NO4P.CH4.NO/c1-24(2)35(25(3)4)41(39-20-19-33-5)40-22-26(21-37-6)13-11-12-18-34-32(36)38-23-31-29-16-9-7-14-27(29)28-15-8-10-17-30(28)31;1-28-16-17-30-35(3)34-19-21(18-32-2)10-8-9-15-29-27(31)33-20-26-24-13-6-4-11-22(24)23-12-5-7-14-25(23)26;1-28(25,26)27-14-15(13-21)7-4-5-11-19-16(22)8-3-2-6-12-20-17(23)9-10-18(20)24;17-10-5-6-11(18)15(10)9-3-1-2-4-14(21)22-16-12(19)7-8-13(16)20;1-14(11,12)13-7-8(6-10)4-2-3-5-9;;1-2/h7-10,14-17,24-26,31H,11-13,18-23H2,1-4,6H3,(H,34,36);4-7,11-14,21,26,30H,8-10,15-20H2,2-3H3,(H,29,31);9-10,15,21H,2-8,11-14H2,1H3,(H,19,22)(H,25,26);5-6H,1-4,7-9H2;8,10H,2-7,9H2,1H3,(H,11,12);1H4;/q;;;;;;-1/p-2. The van der Waals surface area contributed by atoms with Crippen LogP contribution < -0.4 is 36.6 Å². The monoisotopic (exact) mass is 2080 g/mol. The van der Waals surface area contributed by atoms with E-state index in [0.29, 0.717) is 161 Å². The van der Waals surface area contributed by atoms with E-state index in [-0.39, 0.29) is 137 Å². The smallest absolute Gasteiger partial charge is 0.407 e. The Morgan fingerprint density at radius 2 is 0.888 bits per heavy atom. The fourth-order valence-electron chi connectivity index (χ4n) is 15.6. The predicted molar refractivity (Wildman–Crippen MR) is 544 cm³/mol. The fourth-order valence-corrected chi connectivity index (χ4v) is 19.2. The van der Waals surface area contributed by atoms with Crippen LogP contribution in [-0.2, 0) is 93.9 Å². The number of alkyl carbamates (subject to hydrolysis) is 2. The molecule has 43 heteroatoms. The molecule has 4 aromatic rings. The number of imide groups is 3. The molecule has 8 N–H and O–H groups in total. The minimum Gasteiger partial charge on any atom is -0.779 e. The summed E-state index contributed by atoms with van der Waals surface area (Å²) in [6.07, 6.45) is 18.7. The molecule has 9 amide bonds. The molecule has 143 heavy (non-hydrogen) atoms. The van der Waals surface area contributed by atoms with E-state index in [0.717, 1.165) is 95.3 Å². The molecule has 3 heterocycles. The molecule has 8 atom stereocenters. The zero-order chi connectivity index (χ0) is 105. The predicted octanol–water partition coefficient (Wildman–Crippen LogP) is 14.2. The average molecular weight is 2080 g/mol. The SMILES string of the molecule is C.CP(=O)([O-])OCC(CO)CCCCN.CP(=O)([O-])OCC(CO)CCCCNC(=O)CCCCCN1C(=O)C=CC1=O.O=C(CCCCCN1C(=O)C=CC1=O)ON1C(=O)CCC1=O.[C-]#[N+]CCNP(C)OCC(CCCCNC(=O)OCC1c2ccccc2-c2ccccc21)COC.[C-]#[N+]CCOP(OCC(CCCCNC(=O)OCC1c2ccccc2-c2ccccc21)COC)N(C(C)C)C(C)C.[N-]=O. The molecule has 0 bridgehead atoms. The molecule has 0 spiro atoms. The number of ether oxygens (including phenoxy) is 4. The maximum absolute atomic E-state index is 12.5. The van der Waals surface area contributed by atoms with Gasteiger partial charge in [-0.15, -0.1) is 5.06 Å². The third kappa shape index (κ3) is 51.0. The highest BCUT2D eigenvalue weighted by Crippen LogP contribution is 2.48. The number of aliphatic hydroxyl groups is 2. The number of fused-ring (bicyclic) bond motifs is 6. The van der Waals surface area contributed by atoms with Crippen LogP contribution in [0.15, 0.2) is 121 Å². The van der Waals surface area contributed by atoms with Crippen molar-refractivity contribution in [2.75, 3.05) is 166 Å². The number of benzene rings is 4. The van der Waals surface area contributed by atoms with Gasteiger partial charge in [0.15, 0.2) is 0 Å². The molecule has 1 fully saturated rings. The maximum Gasteiger partial charge on any atom is 0.407 e. The highest BCUT2D eigenvalue weighted by molar-refractivity contribution is 7.50. The number of unbranched alkanes of at least 4 members (excludes halogenated alkanes) is 8. The van der Waals surface area contributed by atoms with Crippen LogP contribution in [0, 0.1) is 41.7 Å².